The van der Waals surface area contributed by atoms with Gasteiger partial charge in [0.05, 0.1) is 14.2 Å². The molecular formula is C22H27N3O5. The number of methoxy groups -OCH3 is 2. The van der Waals surface area contributed by atoms with Crippen molar-refractivity contribution in [1.29, 1.82) is 0 Å². The zero-order valence-electron chi connectivity index (χ0n) is 17.4. The second kappa shape index (κ2) is 8.77. The number of benzene rings is 1. The molecule has 2 aliphatic rings. The summed E-state index contributed by atoms with van der Waals surface area (Å²) in [6, 6.07) is 6.97. The van der Waals surface area contributed by atoms with Crippen LogP contribution in [0.1, 0.15) is 36.7 Å². The van der Waals surface area contributed by atoms with E-state index in [0.29, 0.717) is 30.3 Å². The van der Waals surface area contributed by atoms with Crippen LogP contribution in [0.25, 0.3) is 0 Å². The van der Waals surface area contributed by atoms with Gasteiger partial charge in [-0.25, -0.2) is 0 Å². The van der Waals surface area contributed by atoms with Crippen LogP contribution in [0.2, 0.25) is 0 Å². The molecule has 0 spiro atoms. The molecule has 4 rings (SSSR count). The molecule has 2 aliphatic heterocycles. The molecule has 160 valence electrons. The first-order valence-electron chi connectivity index (χ1n) is 10.3. The Bertz CT molecular complexity index is 965. The van der Waals surface area contributed by atoms with Gasteiger partial charge in [0.1, 0.15) is 5.82 Å². The number of hydrogen-bond acceptors (Lipinski definition) is 6. The molecule has 0 aliphatic carbocycles. The number of aromatic nitrogens is 2. The van der Waals surface area contributed by atoms with Gasteiger partial charge in [-0.3, -0.25) is 9.59 Å². The van der Waals surface area contributed by atoms with Crippen molar-refractivity contribution in [1.82, 2.24) is 14.5 Å². The van der Waals surface area contributed by atoms with Crippen molar-refractivity contribution in [2.24, 2.45) is 0 Å². The largest absolute Gasteiger partial charge is 0.493 e. The van der Waals surface area contributed by atoms with E-state index in [1.807, 2.05) is 4.90 Å². The predicted molar refractivity (Wildman–Crippen MR) is 110 cm³/mol. The van der Waals surface area contributed by atoms with Crippen molar-refractivity contribution in [2.45, 2.75) is 38.1 Å². The molecule has 1 aromatic carbocycles. The number of carbonyl (C=O) groups excluding carboxylic acids is 1. The van der Waals surface area contributed by atoms with E-state index >= 15 is 0 Å². The van der Waals surface area contributed by atoms with Gasteiger partial charge in [0, 0.05) is 43.7 Å². The SMILES string of the molecule is COc1cccc(OC)c1OCC(=O)N1CCC[C@H](c2cc(=O)nc3n2CCC3)C1. The fourth-order valence-corrected chi connectivity index (χ4v) is 4.39. The number of carbonyl (C=O) groups is 1. The molecule has 0 saturated carbocycles. The minimum absolute atomic E-state index is 0.0919. The van der Waals surface area contributed by atoms with Crippen LogP contribution >= 0.6 is 0 Å². The zero-order chi connectivity index (χ0) is 21.1. The van der Waals surface area contributed by atoms with Gasteiger partial charge in [0.2, 0.25) is 5.75 Å². The molecule has 2 aromatic rings. The van der Waals surface area contributed by atoms with Crippen molar-refractivity contribution < 1.29 is 19.0 Å². The normalized spacial score (nSPS) is 18.1. The summed E-state index contributed by atoms with van der Waals surface area (Å²) in [6.45, 7) is 2.05. The van der Waals surface area contributed by atoms with Gasteiger partial charge in [-0.15, -0.1) is 0 Å². The van der Waals surface area contributed by atoms with Gasteiger partial charge in [-0.05, 0) is 31.4 Å². The Morgan fingerprint density at radius 1 is 1.17 bits per heavy atom. The van der Waals surface area contributed by atoms with Crippen LogP contribution in [-0.4, -0.2) is 54.3 Å². The van der Waals surface area contributed by atoms with Gasteiger partial charge in [-0.2, -0.15) is 4.98 Å². The number of rotatable bonds is 6. The number of para-hydroxylation sites is 1. The molecule has 0 radical (unpaired) electrons. The fraction of sp³-hybridized carbons (Fsp3) is 0.500. The van der Waals surface area contributed by atoms with Gasteiger partial charge in [0.15, 0.2) is 18.1 Å². The van der Waals surface area contributed by atoms with Crippen LogP contribution in [-0.2, 0) is 17.8 Å². The summed E-state index contributed by atoms with van der Waals surface area (Å²) in [6.07, 6.45) is 3.69. The maximum absolute atomic E-state index is 12.9. The second-order valence-electron chi connectivity index (χ2n) is 7.65. The average Bonchev–Trinajstić information content (AvgIpc) is 3.25. The van der Waals surface area contributed by atoms with Crippen LogP contribution in [0.3, 0.4) is 0 Å². The predicted octanol–water partition coefficient (Wildman–Crippen LogP) is 1.99. The number of aryl methyl sites for hydroxylation is 1. The van der Waals surface area contributed by atoms with E-state index < -0.39 is 0 Å². The number of nitrogens with zero attached hydrogens (tertiary/aromatic N) is 3. The quantitative estimate of drug-likeness (QED) is 0.720. The number of fused-ring (bicyclic) bond motifs is 1. The van der Waals surface area contributed by atoms with Crippen molar-refractivity contribution >= 4 is 5.91 Å². The van der Waals surface area contributed by atoms with Crippen LogP contribution in [0.5, 0.6) is 17.2 Å². The van der Waals surface area contributed by atoms with Gasteiger partial charge in [-0.1, -0.05) is 6.07 Å². The molecule has 1 fully saturated rings. The molecule has 0 bridgehead atoms. The molecule has 0 unspecified atom stereocenters. The van der Waals surface area contributed by atoms with E-state index in [2.05, 4.69) is 9.55 Å². The zero-order valence-corrected chi connectivity index (χ0v) is 17.4. The molecular weight excluding hydrogens is 386 g/mol. The van der Waals surface area contributed by atoms with Crippen molar-refractivity contribution in [3.63, 3.8) is 0 Å². The smallest absolute Gasteiger partial charge is 0.273 e. The third-order valence-electron chi connectivity index (χ3n) is 5.83. The Morgan fingerprint density at radius 2 is 1.93 bits per heavy atom. The lowest BCUT2D eigenvalue weighted by Crippen LogP contribution is -2.42. The van der Waals surface area contributed by atoms with Crippen molar-refractivity contribution in [3.8, 4) is 17.2 Å². The van der Waals surface area contributed by atoms with Crippen LogP contribution in [0, 0.1) is 0 Å². The van der Waals surface area contributed by atoms with E-state index in [0.717, 1.165) is 43.7 Å². The lowest BCUT2D eigenvalue weighted by Gasteiger charge is -2.34. The summed E-state index contributed by atoms with van der Waals surface area (Å²) in [5, 5.41) is 0. The molecule has 1 atom stereocenters. The first kappa shape index (κ1) is 20.3. The highest BCUT2D eigenvalue weighted by atomic mass is 16.5. The first-order valence-corrected chi connectivity index (χ1v) is 10.3. The number of ether oxygens (including phenoxy) is 3. The van der Waals surface area contributed by atoms with Crippen LogP contribution in [0.4, 0.5) is 0 Å². The topological polar surface area (TPSA) is 82.9 Å². The third kappa shape index (κ3) is 3.99. The van der Waals surface area contributed by atoms with Gasteiger partial charge < -0.3 is 23.7 Å². The Labute approximate surface area is 175 Å². The maximum Gasteiger partial charge on any atom is 0.273 e. The van der Waals surface area contributed by atoms with E-state index in [9.17, 15) is 9.59 Å². The van der Waals surface area contributed by atoms with Crippen molar-refractivity contribution in [3.05, 3.63) is 46.1 Å². The molecule has 3 heterocycles. The summed E-state index contributed by atoms with van der Waals surface area (Å²) >= 11 is 0. The molecule has 1 saturated heterocycles. The molecule has 30 heavy (non-hydrogen) atoms. The number of amides is 1. The maximum atomic E-state index is 12.9. The standard InChI is InChI=1S/C22H27N3O5/c1-28-17-7-3-8-18(29-2)22(17)30-14-21(27)24-10-4-6-15(13-24)16-12-20(26)23-19-9-5-11-25(16)19/h3,7-8,12,15H,4-6,9-11,13-14H2,1-2H3/t15-/m0/s1. The van der Waals surface area contributed by atoms with E-state index in [4.69, 9.17) is 14.2 Å². The Hall–Kier alpha value is -3.03. The van der Waals surface area contributed by atoms with Gasteiger partial charge >= 0.3 is 0 Å². The summed E-state index contributed by atoms with van der Waals surface area (Å²) < 4.78 is 18.6. The Kier molecular flexibility index (Phi) is 5.92. The summed E-state index contributed by atoms with van der Waals surface area (Å²) in [5.41, 5.74) is 0.820. The van der Waals surface area contributed by atoms with Crippen molar-refractivity contribution in [2.75, 3.05) is 33.9 Å². The highest BCUT2D eigenvalue weighted by Crippen LogP contribution is 2.37. The number of likely N-dealkylation sites (tertiary alicyclic amines) is 1. The second-order valence-corrected chi connectivity index (χ2v) is 7.65. The highest BCUT2D eigenvalue weighted by Gasteiger charge is 2.29. The van der Waals surface area contributed by atoms with Gasteiger partial charge in [0.25, 0.3) is 11.5 Å². The highest BCUT2D eigenvalue weighted by molar-refractivity contribution is 5.78. The first-order chi connectivity index (χ1) is 14.6. The lowest BCUT2D eigenvalue weighted by atomic mass is 9.94. The summed E-state index contributed by atoms with van der Waals surface area (Å²) in [7, 11) is 3.10. The van der Waals surface area contributed by atoms with Crippen LogP contribution < -0.4 is 19.8 Å². The molecule has 8 heteroatoms. The Morgan fingerprint density at radius 3 is 2.67 bits per heavy atom. The Balaban J connectivity index is 1.46. The summed E-state index contributed by atoms with van der Waals surface area (Å²) in [4.78, 5) is 30.9. The minimum atomic E-state index is -0.187. The molecule has 1 aromatic heterocycles. The van der Waals surface area contributed by atoms with Crippen LogP contribution in [0.15, 0.2) is 29.1 Å². The number of hydrogen-bond donors (Lipinski definition) is 0. The van der Waals surface area contributed by atoms with E-state index in [-0.39, 0.29) is 24.0 Å². The summed E-state index contributed by atoms with van der Waals surface area (Å²) in [5.74, 6) is 2.37. The van der Waals surface area contributed by atoms with E-state index in [1.165, 1.54) is 0 Å². The van der Waals surface area contributed by atoms with E-state index in [1.54, 1.807) is 38.5 Å². The average molecular weight is 413 g/mol. The molecule has 8 nitrogen and oxygen atoms in total. The fourth-order valence-electron chi connectivity index (χ4n) is 4.39. The lowest BCUT2D eigenvalue weighted by molar-refractivity contribution is -0.134. The number of piperidine rings is 1. The molecule has 0 N–H and O–H groups in total. The molecule has 1 amide bonds. The minimum Gasteiger partial charge on any atom is -0.493 e. The monoisotopic (exact) mass is 413 g/mol. The third-order valence-corrected chi connectivity index (χ3v) is 5.83.